The molecule has 0 saturated carbocycles. The Bertz CT molecular complexity index is 123. The van der Waals surface area contributed by atoms with Crippen molar-refractivity contribution in [1.29, 1.82) is 0 Å². The van der Waals surface area contributed by atoms with Crippen molar-refractivity contribution in [3.05, 3.63) is 0 Å². The van der Waals surface area contributed by atoms with Crippen LogP contribution in [0.25, 0.3) is 0 Å². The molecule has 0 bridgehead atoms. The standard InChI is InChI=1S/C11H22O2/c1-3-4-5-6-7-8-11(13)10(2)9-12/h9-11,13H,3-8H2,1-2H3. The first kappa shape index (κ1) is 12.6. The monoisotopic (exact) mass is 186 g/mol. The minimum Gasteiger partial charge on any atom is -0.392 e. The number of rotatable bonds is 8. The third-order valence-electron chi connectivity index (χ3n) is 2.43. The fraction of sp³-hybridized carbons (Fsp3) is 0.909. The average Bonchev–Trinajstić information content (AvgIpc) is 2.16. The van der Waals surface area contributed by atoms with E-state index in [1.807, 2.05) is 0 Å². The molecular weight excluding hydrogens is 164 g/mol. The number of hydrogen-bond donors (Lipinski definition) is 1. The van der Waals surface area contributed by atoms with E-state index in [9.17, 15) is 9.90 Å². The molecule has 0 aromatic rings. The highest BCUT2D eigenvalue weighted by Crippen LogP contribution is 2.11. The molecule has 2 heteroatoms. The van der Waals surface area contributed by atoms with Gasteiger partial charge in [0.2, 0.25) is 0 Å². The summed E-state index contributed by atoms with van der Waals surface area (Å²) >= 11 is 0. The summed E-state index contributed by atoms with van der Waals surface area (Å²) in [4.78, 5) is 10.3. The minimum absolute atomic E-state index is 0.203. The van der Waals surface area contributed by atoms with E-state index >= 15 is 0 Å². The summed E-state index contributed by atoms with van der Waals surface area (Å²) in [6.07, 6.45) is 7.15. The number of aliphatic hydroxyl groups excluding tert-OH is 1. The summed E-state index contributed by atoms with van der Waals surface area (Å²) in [6.45, 7) is 3.95. The largest absolute Gasteiger partial charge is 0.392 e. The Morgan fingerprint density at radius 1 is 1.23 bits per heavy atom. The molecule has 2 nitrogen and oxygen atoms in total. The zero-order valence-electron chi connectivity index (χ0n) is 8.83. The molecule has 0 aliphatic heterocycles. The van der Waals surface area contributed by atoms with Crippen LogP contribution in [0.2, 0.25) is 0 Å². The lowest BCUT2D eigenvalue weighted by Gasteiger charge is -2.12. The molecule has 0 aliphatic carbocycles. The van der Waals surface area contributed by atoms with Gasteiger partial charge in [0.15, 0.2) is 0 Å². The fourth-order valence-electron chi connectivity index (χ4n) is 1.31. The van der Waals surface area contributed by atoms with Gasteiger partial charge in [-0.2, -0.15) is 0 Å². The lowest BCUT2D eigenvalue weighted by molar-refractivity contribution is -0.113. The van der Waals surface area contributed by atoms with E-state index in [1.165, 1.54) is 25.7 Å². The van der Waals surface area contributed by atoms with Gasteiger partial charge in [0.25, 0.3) is 0 Å². The predicted molar refractivity (Wildman–Crippen MR) is 54.6 cm³/mol. The van der Waals surface area contributed by atoms with Crippen molar-refractivity contribution in [2.75, 3.05) is 0 Å². The first-order valence-electron chi connectivity index (χ1n) is 5.35. The Morgan fingerprint density at radius 2 is 1.85 bits per heavy atom. The van der Waals surface area contributed by atoms with Gasteiger partial charge in [0.05, 0.1) is 6.10 Å². The van der Waals surface area contributed by atoms with Gasteiger partial charge in [-0.1, -0.05) is 46.0 Å². The molecule has 2 atom stereocenters. The Hall–Kier alpha value is -0.370. The maximum atomic E-state index is 10.3. The number of aldehydes is 1. The normalized spacial score (nSPS) is 15.3. The molecular formula is C11H22O2. The molecule has 0 aromatic carbocycles. The molecule has 0 fully saturated rings. The summed E-state index contributed by atoms with van der Waals surface area (Å²) in [7, 11) is 0. The van der Waals surface area contributed by atoms with Crippen molar-refractivity contribution in [3.63, 3.8) is 0 Å². The number of carbonyl (C=O) groups is 1. The van der Waals surface area contributed by atoms with Crippen molar-refractivity contribution in [2.24, 2.45) is 5.92 Å². The molecule has 78 valence electrons. The molecule has 2 unspecified atom stereocenters. The molecule has 0 amide bonds. The van der Waals surface area contributed by atoms with Crippen molar-refractivity contribution in [2.45, 2.75) is 58.5 Å². The topological polar surface area (TPSA) is 37.3 Å². The van der Waals surface area contributed by atoms with Gasteiger partial charge in [-0.15, -0.1) is 0 Å². The van der Waals surface area contributed by atoms with E-state index in [1.54, 1.807) is 6.92 Å². The van der Waals surface area contributed by atoms with Gasteiger partial charge in [-0.05, 0) is 6.42 Å². The van der Waals surface area contributed by atoms with Crippen LogP contribution >= 0.6 is 0 Å². The van der Waals surface area contributed by atoms with Crippen LogP contribution in [0, 0.1) is 5.92 Å². The van der Waals surface area contributed by atoms with Crippen LogP contribution in [0.3, 0.4) is 0 Å². The minimum atomic E-state index is -0.431. The van der Waals surface area contributed by atoms with E-state index in [-0.39, 0.29) is 5.92 Å². The highest BCUT2D eigenvalue weighted by atomic mass is 16.3. The predicted octanol–water partition coefficient (Wildman–Crippen LogP) is 2.54. The van der Waals surface area contributed by atoms with Crippen LogP contribution in [0.1, 0.15) is 52.4 Å². The Labute approximate surface area is 81.3 Å². The Balaban J connectivity index is 3.26. The zero-order chi connectivity index (χ0) is 10.1. The van der Waals surface area contributed by atoms with Gasteiger partial charge < -0.3 is 9.90 Å². The van der Waals surface area contributed by atoms with Gasteiger partial charge >= 0.3 is 0 Å². The van der Waals surface area contributed by atoms with Crippen molar-refractivity contribution < 1.29 is 9.90 Å². The second-order valence-corrected chi connectivity index (χ2v) is 3.77. The summed E-state index contributed by atoms with van der Waals surface area (Å²) in [5.41, 5.74) is 0. The maximum absolute atomic E-state index is 10.3. The Kier molecular flexibility index (Phi) is 8.00. The quantitative estimate of drug-likeness (QED) is 0.467. The fourth-order valence-corrected chi connectivity index (χ4v) is 1.31. The van der Waals surface area contributed by atoms with Crippen LogP contribution in [0.5, 0.6) is 0 Å². The van der Waals surface area contributed by atoms with E-state index in [0.29, 0.717) is 0 Å². The first-order valence-corrected chi connectivity index (χ1v) is 5.35. The van der Waals surface area contributed by atoms with E-state index in [0.717, 1.165) is 19.1 Å². The Morgan fingerprint density at radius 3 is 2.38 bits per heavy atom. The van der Waals surface area contributed by atoms with E-state index in [4.69, 9.17) is 0 Å². The third-order valence-corrected chi connectivity index (χ3v) is 2.43. The van der Waals surface area contributed by atoms with Crippen molar-refractivity contribution in [1.82, 2.24) is 0 Å². The SMILES string of the molecule is CCCCCCCC(O)C(C)C=O. The lowest BCUT2D eigenvalue weighted by atomic mass is 10.00. The molecule has 0 heterocycles. The second-order valence-electron chi connectivity index (χ2n) is 3.77. The summed E-state index contributed by atoms with van der Waals surface area (Å²) in [6, 6.07) is 0. The summed E-state index contributed by atoms with van der Waals surface area (Å²) in [5, 5.41) is 9.44. The zero-order valence-corrected chi connectivity index (χ0v) is 8.83. The third kappa shape index (κ3) is 6.76. The number of aliphatic hydroxyl groups is 1. The van der Waals surface area contributed by atoms with Crippen LogP contribution < -0.4 is 0 Å². The molecule has 0 spiro atoms. The van der Waals surface area contributed by atoms with Crippen molar-refractivity contribution >= 4 is 6.29 Å². The van der Waals surface area contributed by atoms with Crippen LogP contribution in [0.15, 0.2) is 0 Å². The maximum Gasteiger partial charge on any atom is 0.125 e. The van der Waals surface area contributed by atoms with Crippen molar-refractivity contribution in [3.8, 4) is 0 Å². The molecule has 0 aromatic heterocycles. The van der Waals surface area contributed by atoms with Gasteiger partial charge in [-0.3, -0.25) is 0 Å². The number of carbonyl (C=O) groups excluding carboxylic acids is 1. The summed E-state index contributed by atoms with van der Waals surface area (Å²) < 4.78 is 0. The highest BCUT2D eigenvalue weighted by molar-refractivity contribution is 5.53. The molecule has 13 heavy (non-hydrogen) atoms. The molecule has 0 aliphatic rings. The van der Waals surface area contributed by atoms with E-state index in [2.05, 4.69) is 6.92 Å². The number of hydrogen-bond acceptors (Lipinski definition) is 2. The van der Waals surface area contributed by atoms with Gasteiger partial charge in [0, 0.05) is 5.92 Å². The number of unbranched alkanes of at least 4 members (excludes halogenated alkanes) is 4. The van der Waals surface area contributed by atoms with Crippen LogP contribution in [-0.4, -0.2) is 17.5 Å². The molecule has 0 rings (SSSR count). The summed E-state index contributed by atoms with van der Waals surface area (Å²) in [5.74, 6) is -0.203. The smallest absolute Gasteiger partial charge is 0.125 e. The molecule has 0 saturated heterocycles. The van der Waals surface area contributed by atoms with E-state index < -0.39 is 6.10 Å². The highest BCUT2D eigenvalue weighted by Gasteiger charge is 2.11. The average molecular weight is 186 g/mol. The van der Waals surface area contributed by atoms with Gasteiger partial charge in [-0.25, -0.2) is 0 Å². The first-order chi connectivity index (χ1) is 6.22. The van der Waals surface area contributed by atoms with Crippen LogP contribution in [0.4, 0.5) is 0 Å². The molecule has 1 N–H and O–H groups in total. The van der Waals surface area contributed by atoms with Crippen LogP contribution in [-0.2, 0) is 4.79 Å². The molecule has 0 radical (unpaired) electrons. The van der Waals surface area contributed by atoms with Gasteiger partial charge in [0.1, 0.15) is 6.29 Å². The lowest BCUT2D eigenvalue weighted by Crippen LogP contribution is -2.18. The second kappa shape index (κ2) is 8.24.